The van der Waals surface area contributed by atoms with Crippen LogP contribution in [0.4, 0.5) is 0 Å². The lowest BCUT2D eigenvalue weighted by molar-refractivity contribution is -0.144. The number of carbonyl (C=O) groups is 2. The molecule has 0 saturated heterocycles. The van der Waals surface area contributed by atoms with Crippen molar-refractivity contribution in [3.05, 3.63) is 0 Å². The van der Waals surface area contributed by atoms with Crippen LogP contribution in [0.25, 0.3) is 0 Å². The van der Waals surface area contributed by atoms with E-state index in [9.17, 15) is 9.59 Å². The third-order valence-corrected chi connectivity index (χ3v) is 2.63. The van der Waals surface area contributed by atoms with Crippen LogP contribution in [0, 0.1) is 0 Å². The molecule has 0 aromatic rings. The van der Waals surface area contributed by atoms with Crippen molar-refractivity contribution in [1.29, 1.82) is 0 Å². The first-order valence-corrected chi connectivity index (χ1v) is 6.88. The van der Waals surface area contributed by atoms with E-state index in [-0.39, 0.29) is 5.97 Å². The van der Waals surface area contributed by atoms with Gasteiger partial charge in [-0.25, -0.2) is 0 Å². The molecule has 0 aliphatic heterocycles. The first-order chi connectivity index (χ1) is 8.20. The average molecular weight is 242 g/mol. The van der Waals surface area contributed by atoms with Crippen LogP contribution in [-0.2, 0) is 14.3 Å². The van der Waals surface area contributed by atoms with Crippen molar-refractivity contribution in [2.24, 2.45) is 0 Å². The highest BCUT2D eigenvalue weighted by Gasteiger charge is 2.04. The maximum absolute atomic E-state index is 11.3. The van der Waals surface area contributed by atoms with E-state index in [2.05, 4.69) is 6.92 Å². The van der Waals surface area contributed by atoms with Crippen molar-refractivity contribution in [3.63, 3.8) is 0 Å². The monoisotopic (exact) mass is 242 g/mol. The lowest BCUT2D eigenvalue weighted by Crippen LogP contribution is -2.06. The number of Topliss-reactive ketones (excluding diaryl/α,β-unsaturated/α-hetero) is 1. The molecule has 0 heterocycles. The molecule has 0 radical (unpaired) electrons. The van der Waals surface area contributed by atoms with Crippen LogP contribution in [-0.4, -0.2) is 18.4 Å². The Hall–Kier alpha value is -0.860. The highest BCUT2D eigenvalue weighted by Crippen LogP contribution is 2.05. The first kappa shape index (κ1) is 16.1. The van der Waals surface area contributed by atoms with Crippen LogP contribution in [0.15, 0.2) is 0 Å². The highest BCUT2D eigenvalue weighted by molar-refractivity contribution is 5.78. The van der Waals surface area contributed by atoms with Crippen LogP contribution < -0.4 is 0 Å². The summed E-state index contributed by atoms with van der Waals surface area (Å²) < 4.78 is 5.07. The minimum Gasteiger partial charge on any atom is -0.466 e. The molecule has 0 bridgehead atoms. The average Bonchev–Trinajstić information content (AvgIpc) is 2.31. The molecule has 17 heavy (non-hydrogen) atoms. The lowest BCUT2D eigenvalue weighted by Gasteiger charge is -2.04. The Kier molecular flexibility index (Phi) is 11.0. The summed E-state index contributed by atoms with van der Waals surface area (Å²) in [7, 11) is 0. The van der Waals surface area contributed by atoms with E-state index in [0.717, 1.165) is 38.5 Å². The second kappa shape index (κ2) is 11.6. The lowest BCUT2D eigenvalue weighted by atomic mass is 10.1. The quantitative estimate of drug-likeness (QED) is 0.410. The van der Waals surface area contributed by atoms with Gasteiger partial charge in [0.05, 0.1) is 6.61 Å². The van der Waals surface area contributed by atoms with Crippen molar-refractivity contribution in [2.45, 2.75) is 71.6 Å². The number of ether oxygens (including phenoxy) is 1. The molecule has 0 aliphatic carbocycles. The molecular weight excluding hydrogens is 216 g/mol. The second-order valence-corrected chi connectivity index (χ2v) is 4.42. The van der Waals surface area contributed by atoms with Gasteiger partial charge in [-0.3, -0.25) is 9.59 Å². The normalized spacial score (nSPS) is 10.2. The van der Waals surface area contributed by atoms with Gasteiger partial charge in [-0.05, 0) is 25.7 Å². The third-order valence-electron chi connectivity index (χ3n) is 2.63. The van der Waals surface area contributed by atoms with Gasteiger partial charge in [0.1, 0.15) is 5.78 Å². The maximum Gasteiger partial charge on any atom is 0.305 e. The Morgan fingerprint density at radius 3 is 2.18 bits per heavy atom. The van der Waals surface area contributed by atoms with Crippen LogP contribution >= 0.6 is 0 Å². The number of esters is 1. The van der Waals surface area contributed by atoms with E-state index in [4.69, 9.17) is 4.74 Å². The zero-order valence-corrected chi connectivity index (χ0v) is 11.3. The van der Waals surface area contributed by atoms with Crippen molar-refractivity contribution in [1.82, 2.24) is 0 Å². The van der Waals surface area contributed by atoms with Crippen molar-refractivity contribution in [2.75, 3.05) is 6.61 Å². The predicted molar refractivity (Wildman–Crippen MR) is 68.9 cm³/mol. The molecule has 0 aromatic carbocycles. The smallest absolute Gasteiger partial charge is 0.305 e. The molecule has 0 rings (SSSR count). The molecular formula is C14H26O3. The van der Waals surface area contributed by atoms with Gasteiger partial charge in [-0.15, -0.1) is 0 Å². The van der Waals surface area contributed by atoms with Gasteiger partial charge in [0, 0.05) is 19.3 Å². The summed E-state index contributed by atoms with van der Waals surface area (Å²) in [6.45, 7) is 4.67. The van der Waals surface area contributed by atoms with Crippen molar-refractivity contribution < 1.29 is 14.3 Å². The molecule has 0 spiro atoms. The Balaban J connectivity index is 3.30. The fraction of sp³-hybridized carbons (Fsp3) is 0.857. The highest BCUT2D eigenvalue weighted by atomic mass is 16.5. The molecule has 0 unspecified atom stereocenters. The van der Waals surface area contributed by atoms with Gasteiger partial charge in [0.25, 0.3) is 0 Å². The summed E-state index contributed by atoms with van der Waals surface area (Å²) in [4.78, 5) is 22.5. The van der Waals surface area contributed by atoms with Gasteiger partial charge in [-0.2, -0.15) is 0 Å². The van der Waals surface area contributed by atoms with E-state index in [1.807, 2.05) is 6.92 Å². The van der Waals surface area contributed by atoms with Gasteiger partial charge < -0.3 is 4.74 Å². The number of unbranched alkanes of at least 4 members (excludes halogenated alkanes) is 3. The summed E-state index contributed by atoms with van der Waals surface area (Å²) in [6, 6.07) is 0. The molecule has 0 atom stereocenters. The zero-order chi connectivity index (χ0) is 12.9. The summed E-state index contributed by atoms with van der Waals surface area (Å²) in [5.74, 6) is 0.188. The third kappa shape index (κ3) is 11.4. The molecule has 0 amide bonds. The Labute approximate surface area is 105 Å². The number of hydrogen-bond acceptors (Lipinski definition) is 3. The summed E-state index contributed by atoms with van der Waals surface area (Å²) >= 11 is 0. The molecule has 0 saturated carbocycles. The van der Waals surface area contributed by atoms with Gasteiger partial charge >= 0.3 is 5.97 Å². The van der Waals surface area contributed by atoms with Crippen LogP contribution in [0.5, 0.6) is 0 Å². The van der Waals surface area contributed by atoms with E-state index in [0.29, 0.717) is 31.7 Å². The fourth-order valence-electron chi connectivity index (χ4n) is 1.61. The van der Waals surface area contributed by atoms with E-state index >= 15 is 0 Å². The Morgan fingerprint density at radius 2 is 1.53 bits per heavy atom. The van der Waals surface area contributed by atoms with Crippen molar-refractivity contribution >= 4 is 11.8 Å². The van der Waals surface area contributed by atoms with Gasteiger partial charge in [0.15, 0.2) is 0 Å². The molecule has 0 fully saturated rings. The van der Waals surface area contributed by atoms with Crippen LogP contribution in [0.1, 0.15) is 71.6 Å². The minimum absolute atomic E-state index is 0.121. The SMILES string of the molecule is CCCCCOC(=O)CCCCC(=O)CCC. The molecule has 3 nitrogen and oxygen atoms in total. The summed E-state index contributed by atoms with van der Waals surface area (Å²) in [5, 5.41) is 0. The first-order valence-electron chi connectivity index (χ1n) is 6.88. The Morgan fingerprint density at radius 1 is 0.824 bits per heavy atom. The minimum atomic E-state index is -0.121. The second-order valence-electron chi connectivity index (χ2n) is 4.42. The topological polar surface area (TPSA) is 43.4 Å². The largest absolute Gasteiger partial charge is 0.466 e. The number of hydrogen-bond donors (Lipinski definition) is 0. The van der Waals surface area contributed by atoms with E-state index in [1.54, 1.807) is 0 Å². The number of carbonyl (C=O) groups excluding carboxylic acids is 2. The zero-order valence-electron chi connectivity index (χ0n) is 11.3. The molecule has 100 valence electrons. The van der Waals surface area contributed by atoms with Crippen LogP contribution in [0.2, 0.25) is 0 Å². The number of ketones is 1. The van der Waals surface area contributed by atoms with Crippen LogP contribution in [0.3, 0.4) is 0 Å². The van der Waals surface area contributed by atoms with Gasteiger partial charge in [-0.1, -0.05) is 26.7 Å². The molecule has 0 aliphatic rings. The maximum atomic E-state index is 11.3. The standard InChI is InChI=1S/C14H26O3/c1-3-5-8-12-17-14(16)11-7-6-10-13(15)9-4-2/h3-12H2,1-2H3. The summed E-state index contributed by atoms with van der Waals surface area (Å²) in [5.41, 5.74) is 0. The summed E-state index contributed by atoms with van der Waals surface area (Å²) in [6.07, 6.45) is 7.42. The predicted octanol–water partition coefficient (Wildman–Crippen LogP) is 3.65. The Bertz CT molecular complexity index is 212. The van der Waals surface area contributed by atoms with Crippen molar-refractivity contribution in [3.8, 4) is 0 Å². The fourth-order valence-corrected chi connectivity index (χ4v) is 1.61. The van der Waals surface area contributed by atoms with Gasteiger partial charge in [0.2, 0.25) is 0 Å². The molecule has 0 aromatic heterocycles. The molecule has 0 N–H and O–H groups in total. The number of rotatable bonds is 11. The molecule has 3 heteroatoms. The van der Waals surface area contributed by atoms with E-state index in [1.165, 1.54) is 0 Å². The van der Waals surface area contributed by atoms with E-state index < -0.39 is 0 Å².